The first-order valence-corrected chi connectivity index (χ1v) is 14.0. The minimum atomic E-state index is -0.190. The summed E-state index contributed by atoms with van der Waals surface area (Å²) >= 11 is 0. The Kier molecular flexibility index (Phi) is 5.41. The molecule has 1 aliphatic heterocycles. The van der Waals surface area contributed by atoms with Crippen molar-refractivity contribution in [3.63, 3.8) is 0 Å². The quantitative estimate of drug-likeness (QED) is 0.238. The number of fused-ring (bicyclic) bond motifs is 4. The molecule has 1 amide bonds. The average molecular weight is 540 g/mol. The molecule has 0 bridgehead atoms. The Bertz CT molecular complexity index is 2160. The lowest BCUT2D eigenvalue weighted by molar-refractivity contribution is 0.101. The van der Waals surface area contributed by atoms with Crippen molar-refractivity contribution >= 4 is 39.2 Å². The molecule has 1 N–H and O–H groups in total. The third-order valence-electron chi connectivity index (χ3n) is 8.19. The largest absolute Gasteiger partial charge is 0.308 e. The van der Waals surface area contributed by atoms with E-state index in [4.69, 9.17) is 5.41 Å². The van der Waals surface area contributed by atoms with Crippen molar-refractivity contribution in [3.05, 3.63) is 157 Å². The highest BCUT2D eigenvalue weighted by molar-refractivity contribution is 6.36. The zero-order valence-corrected chi connectivity index (χ0v) is 22.7. The van der Waals surface area contributed by atoms with Gasteiger partial charge >= 0.3 is 0 Å². The second-order valence-corrected chi connectivity index (χ2v) is 10.6. The molecule has 8 rings (SSSR count). The number of carbonyl (C=O) groups excluding carboxylic acids is 1. The van der Waals surface area contributed by atoms with Crippen LogP contribution in [0.5, 0.6) is 0 Å². The van der Waals surface area contributed by atoms with E-state index in [0.717, 1.165) is 49.7 Å². The van der Waals surface area contributed by atoms with Gasteiger partial charge in [-0.15, -0.1) is 0 Å². The molecule has 7 aromatic rings. The molecule has 1 aliphatic rings. The van der Waals surface area contributed by atoms with E-state index in [1.165, 1.54) is 4.90 Å². The summed E-state index contributed by atoms with van der Waals surface area (Å²) in [5.41, 5.74) is 9.17. The molecule has 0 saturated carbocycles. The smallest absolute Gasteiger partial charge is 0.266 e. The zero-order chi connectivity index (χ0) is 28.2. The van der Waals surface area contributed by atoms with E-state index in [1.54, 1.807) is 0 Å². The van der Waals surface area contributed by atoms with Crippen LogP contribution in [0.2, 0.25) is 0 Å². The number of aromatic nitrogens is 1. The van der Waals surface area contributed by atoms with Crippen LogP contribution >= 0.6 is 0 Å². The predicted molar refractivity (Wildman–Crippen MR) is 172 cm³/mol. The fourth-order valence-electron chi connectivity index (χ4n) is 6.20. The van der Waals surface area contributed by atoms with E-state index in [0.29, 0.717) is 16.8 Å². The summed E-state index contributed by atoms with van der Waals surface area (Å²) in [5, 5.41) is 11.3. The van der Waals surface area contributed by atoms with Gasteiger partial charge in [-0.25, -0.2) is 0 Å². The number of nitrogens with one attached hydrogen (secondary N) is 1. The Balaban J connectivity index is 1.27. The van der Waals surface area contributed by atoms with Crippen molar-refractivity contribution < 1.29 is 4.79 Å². The van der Waals surface area contributed by atoms with Crippen LogP contribution in [0.25, 0.3) is 49.7 Å². The molecule has 0 atom stereocenters. The molecule has 0 fully saturated rings. The number of rotatable bonds is 4. The van der Waals surface area contributed by atoms with Gasteiger partial charge in [0.15, 0.2) is 0 Å². The molecule has 0 saturated heterocycles. The van der Waals surface area contributed by atoms with Gasteiger partial charge in [-0.2, -0.15) is 0 Å². The van der Waals surface area contributed by atoms with Gasteiger partial charge in [0.05, 0.1) is 28.0 Å². The standard InChI is InChI=1S/C38H25N3O/c39-37-31-15-9-17-35(36(31)38(42)40(37)29-21-18-27(19-22-29)25-10-3-1-4-11-25)41-33-16-8-7-14-30(33)32-24-28(20-23-34(32)41)26-12-5-2-6-13-26/h1-24,39H. The minimum Gasteiger partial charge on any atom is -0.308 e. The van der Waals surface area contributed by atoms with Crippen LogP contribution in [0.15, 0.2) is 146 Å². The maximum absolute atomic E-state index is 14.2. The number of amidine groups is 1. The second-order valence-electron chi connectivity index (χ2n) is 10.6. The number of anilines is 1. The molecule has 4 heteroatoms. The van der Waals surface area contributed by atoms with Crippen molar-refractivity contribution in [3.8, 4) is 27.9 Å². The predicted octanol–water partition coefficient (Wildman–Crippen LogP) is 9.10. The maximum Gasteiger partial charge on any atom is 0.266 e. The number of amides is 1. The zero-order valence-electron chi connectivity index (χ0n) is 22.7. The molecule has 0 spiro atoms. The van der Waals surface area contributed by atoms with Crippen molar-refractivity contribution in [2.24, 2.45) is 0 Å². The molecule has 1 aromatic heterocycles. The molecule has 198 valence electrons. The summed E-state index contributed by atoms with van der Waals surface area (Å²) in [6.45, 7) is 0. The van der Waals surface area contributed by atoms with Crippen LogP contribution in [-0.2, 0) is 0 Å². The first kappa shape index (κ1) is 24.1. The van der Waals surface area contributed by atoms with Crippen LogP contribution < -0.4 is 4.90 Å². The monoisotopic (exact) mass is 539 g/mol. The van der Waals surface area contributed by atoms with Gasteiger partial charge in [0, 0.05) is 16.3 Å². The molecule has 4 nitrogen and oxygen atoms in total. The van der Waals surface area contributed by atoms with Gasteiger partial charge in [0.1, 0.15) is 5.84 Å². The van der Waals surface area contributed by atoms with E-state index in [-0.39, 0.29) is 11.7 Å². The van der Waals surface area contributed by atoms with Crippen LogP contribution in [0, 0.1) is 5.41 Å². The third-order valence-corrected chi connectivity index (χ3v) is 8.19. The number of para-hydroxylation sites is 1. The molecule has 0 radical (unpaired) electrons. The molecular formula is C38H25N3O. The highest BCUT2D eigenvalue weighted by atomic mass is 16.2. The van der Waals surface area contributed by atoms with Gasteiger partial charge in [0.25, 0.3) is 5.91 Å². The Morgan fingerprint density at radius 2 is 1.10 bits per heavy atom. The normalized spacial score (nSPS) is 12.8. The third kappa shape index (κ3) is 3.62. The van der Waals surface area contributed by atoms with Crippen molar-refractivity contribution in [2.75, 3.05) is 4.90 Å². The summed E-state index contributed by atoms with van der Waals surface area (Å²) < 4.78 is 2.17. The Morgan fingerprint density at radius 3 is 1.83 bits per heavy atom. The van der Waals surface area contributed by atoms with E-state index in [2.05, 4.69) is 77.4 Å². The van der Waals surface area contributed by atoms with Gasteiger partial charge in [-0.3, -0.25) is 15.1 Å². The lowest BCUT2D eigenvalue weighted by Crippen LogP contribution is -2.29. The molecule has 0 aliphatic carbocycles. The number of hydrogen-bond donors (Lipinski definition) is 1. The maximum atomic E-state index is 14.2. The molecule has 6 aromatic carbocycles. The number of carbonyl (C=O) groups is 1. The fourth-order valence-corrected chi connectivity index (χ4v) is 6.20. The van der Waals surface area contributed by atoms with Crippen molar-refractivity contribution in [1.82, 2.24) is 4.57 Å². The summed E-state index contributed by atoms with van der Waals surface area (Å²) in [4.78, 5) is 15.7. The van der Waals surface area contributed by atoms with Crippen LogP contribution in [0.4, 0.5) is 5.69 Å². The van der Waals surface area contributed by atoms with Crippen LogP contribution in [-0.4, -0.2) is 16.3 Å². The molecule has 2 heterocycles. The van der Waals surface area contributed by atoms with E-state index in [1.807, 2.05) is 72.8 Å². The fraction of sp³-hybridized carbons (Fsp3) is 0. The number of benzene rings is 6. The Labute approximate surface area is 243 Å². The van der Waals surface area contributed by atoms with Gasteiger partial charge in [0.2, 0.25) is 0 Å². The molecule has 0 unspecified atom stereocenters. The average Bonchev–Trinajstić information content (AvgIpc) is 3.52. The summed E-state index contributed by atoms with van der Waals surface area (Å²) in [7, 11) is 0. The highest BCUT2D eigenvalue weighted by Gasteiger charge is 2.37. The van der Waals surface area contributed by atoms with Gasteiger partial charge in [-0.1, -0.05) is 109 Å². The highest BCUT2D eigenvalue weighted by Crippen LogP contribution is 2.39. The van der Waals surface area contributed by atoms with E-state index >= 15 is 0 Å². The van der Waals surface area contributed by atoms with Gasteiger partial charge < -0.3 is 4.57 Å². The topological polar surface area (TPSA) is 49.1 Å². The first-order chi connectivity index (χ1) is 20.7. The van der Waals surface area contributed by atoms with E-state index < -0.39 is 0 Å². The van der Waals surface area contributed by atoms with Crippen LogP contribution in [0.1, 0.15) is 15.9 Å². The lowest BCUT2D eigenvalue weighted by atomic mass is 10.0. The molecule has 42 heavy (non-hydrogen) atoms. The summed E-state index contributed by atoms with van der Waals surface area (Å²) in [6, 6.07) is 49.0. The SMILES string of the molecule is N=C1c2cccc(-n3c4ccccc4c4cc(-c5ccccc5)ccc43)c2C(=O)N1c1ccc(-c2ccccc2)cc1. The Hall–Kier alpha value is -5.74. The lowest BCUT2D eigenvalue weighted by Gasteiger charge is -2.17. The minimum absolute atomic E-state index is 0.190. The van der Waals surface area contributed by atoms with Crippen molar-refractivity contribution in [2.45, 2.75) is 0 Å². The number of hydrogen-bond acceptors (Lipinski definition) is 2. The summed E-state index contributed by atoms with van der Waals surface area (Å²) in [5.74, 6) is 0.00124. The molecular weight excluding hydrogens is 514 g/mol. The first-order valence-electron chi connectivity index (χ1n) is 14.0. The number of nitrogens with zero attached hydrogens (tertiary/aromatic N) is 2. The van der Waals surface area contributed by atoms with Gasteiger partial charge in [-0.05, 0) is 58.7 Å². The Morgan fingerprint density at radius 1 is 0.500 bits per heavy atom. The summed E-state index contributed by atoms with van der Waals surface area (Å²) in [6.07, 6.45) is 0. The second kappa shape index (κ2) is 9.43. The van der Waals surface area contributed by atoms with Crippen LogP contribution in [0.3, 0.4) is 0 Å². The van der Waals surface area contributed by atoms with Crippen molar-refractivity contribution in [1.29, 1.82) is 5.41 Å². The van der Waals surface area contributed by atoms with E-state index in [9.17, 15) is 4.79 Å².